The summed E-state index contributed by atoms with van der Waals surface area (Å²) in [4.78, 5) is 0. The molecule has 2 aromatic carbocycles. The van der Waals surface area contributed by atoms with Crippen LogP contribution in [0.15, 0.2) is 60.8 Å². The molecule has 0 saturated carbocycles. The molecule has 0 aliphatic rings. The zero-order valence-corrected chi connectivity index (χ0v) is 9.22. The lowest BCUT2D eigenvalue weighted by Gasteiger charge is -2.05. The molecule has 0 unspecified atom stereocenters. The van der Waals surface area contributed by atoms with Gasteiger partial charge in [-0.2, -0.15) is 0 Å². The molecule has 0 fully saturated rings. The van der Waals surface area contributed by atoms with Crippen LogP contribution < -0.4 is 0 Å². The highest BCUT2D eigenvalue weighted by Crippen LogP contribution is 2.21. The van der Waals surface area contributed by atoms with Crippen LogP contribution in [-0.2, 0) is 0 Å². The highest BCUT2D eigenvalue weighted by Gasteiger charge is 2.02. The minimum Gasteiger partial charge on any atom is -0.317 e. The van der Waals surface area contributed by atoms with Gasteiger partial charge in [-0.1, -0.05) is 30.3 Å². The van der Waals surface area contributed by atoms with Crippen molar-refractivity contribution in [1.29, 1.82) is 0 Å². The predicted molar refractivity (Wildman–Crippen MR) is 68.0 cm³/mol. The van der Waals surface area contributed by atoms with E-state index in [4.69, 9.17) is 0 Å². The molecule has 78 valence electrons. The summed E-state index contributed by atoms with van der Waals surface area (Å²) in [5.41, 5.74) is 3.78. The Labute approximate surface area is 95.0 Å². The molecule has 1 nitrogen and oxygen atoms in total. The number of hydrogen-bond acceptors (Lipinski definition) is 0. The first kappa shape index (κ1) is 9.22. The third kappa shape index (κ3) is 1.41. The molecule has 1 aromatic heterocycles. The van der Waals surface area contributed by atoms with Crippen LogP contribution in [-0.4, -0.2) is 4.57 Å². The fraction of sp³-hybridized carbons (Fsp3) is 0.0667. The molecule has 1 heterocycles. The maximum Gasteiger partial charge on any atom is 0.0531 e. The largest absolute Gasteiger partial charge is 0.317 e. The summed E-state index contributed by atoms with van der Waals surface area (Å²) in [6.45, 7) is 2.13. The van der Waals surface area contributed by atoms with Gasteiger partial charge in [0, 0.05) is 11.9 Å². The Kier molecular flexibility index (Phi) is 2.03. The molecule has 1 heteroatoms. The van der Waals surface area contributed by atoms with E-state index in [9.17, 15) is 0 Å². The molecule has 0 atom stereocenters. The number of aromatic nitrogens is 1. The summed E-state index contributed by atoms with van der Waals surface area (Å²) >= 11 is 0. The molecule has 16 heavy (non-hydrogen) atoms. The van der Waals surface area contributed by atoms with Crippen molar-refractivity contribution in [3.8, 4) is 5.69 Å². The molecule has 0 N–H and O–H groups in total. The average molecular weight is 207 g/mol. The summed E-state index contributed by atoms with van der Waals surface area (Å²) < 4.78 is 2.22. The van der Waals surface area contributed by atoms with Crippen molar-refractivity contribution in [2.75, 3.05) is 0 Å². The smallest absolute Gasteiger partial charge is 0.0531 e. The van der Waals surface area contributed by atoms with E-state index in [1.165, 1.54) is 22.2 Å². The van der Waals surface area contributed by atoms with Gasteiger partial charge in [0.25, 0.3) is 0 Å². The van der Waals surface area contributed by atoms with Gasteiger partial charge in [-0.3, -0.25) is 0 Å². The van der Waals surface area contributed by atoms with Crippen molar-refractivity contribution in [2.45, 2.75) is 6.92 Å². The highest BCUT2D eigenvalue weighted by molar-refractivity contribution is 5.82. The molecular formula is C15H13N. The van der Waals surface area contributed by atoms with Crippen molar-refractivity contribution >= 4 is 10.9 Å². The van der Waals surface area contributed by atoms with Crippen molar-refractivity contribution in [2.24, 2.45) is 0 Å². The van der Waals surface area contributed by atoms with E-state index < -0.39 is 0 Å². The standard InChI is InChI=1S/C15H13N/c1-12-7-8-13-9-10-16(15(13)11-12)14-5-3-2-4-6-14/h2-11H,1H3. The number of nitrogens with zero attached hydrogens (tertiary/aromatic N) is 1. The van der Waals surface area contributed by atoms with E-state index in [1.807, 2.05) is 6.07 Å². The number of hydrogen-bond donors (Lipinski definition) is 0. The van der Waals surface area contributed by atoms with Gasteiger partial charge in [-0.15, -0.1) is 0 Å². The van der Waals surface area contributed by atoms with E-state index in [-0.39, 0.29) is 0 Å². The molecule has 0 aliphatic heterocycles. The Bertz CT molecular complexity index is 620. The van der Waals surface area contributed by atoms with E-state index in [2.05, 4.69) is 66.2 Å². The van der Waals surface area contributed by atoms with Crippen LogP contribution in [0.4, 0.5) is 0 Å². The third-order valence-electron chi connectivity index (χ3n) is 2.88. The van der Waals surface area contributed by atoms with E-state index in [1.54, 1.807) is 0 Å². The van der Waals surface area contributed by atoms with Crippen LogP contribution in [0.1, 0.15) is 5.56 Å². The van der Waals surface area contributed by atoms with Gasteiger partial charge < -0.3 is 4.57 Å². The predicted octanol–water partition coefficient (Wildman–Crippen LogP) is 3.94. The van der Waals surface area contributed by atoms with Gasteiger partial charge in [0.05, 0.1) is 5.52 Å². The first-order valence-electron chi connectivity index (χ1n) is 5.48. The normalized spacial score (nSPS) is 10.8. The highest BCUT2D eigenvalue weighted by atomic mass is 15.0. The molecule has 0 spiro atoms. The maximum absolute atomic E-state index is 2.22. The molecule has 3 rings (SSSR count). The number of fused-ring (bicyclic) bond motifs is 1. The Balaban J connectivity index is 2.29. The van der Waals surface area contributed by atoms with Gasteiger partial charge in [0.1, 0.15) is 0 Å². The number of rotatable bonds is 1. The molecular weight excluding hydrogens is 194 g/mol. The molecule has 0 saturated heterocycles. The molecule has 0 radical (unpaired) electrons. The second-order valence-electron chi connectivity index (χ2n) is 4.08. The monoisotopic (exact) mass is 207 g/mol. The van der Waals surface area contributed by atoms with E-state index >= 15 is 0 Å². The summed E-state index contributed by atoms with van der Waals surface area (Å²) in [7, 11) is 0. The summed E-state index contributed by atoms with van der Waals surface area (Å²) in [6.07, 6.45) is 2.12. The third-order valence-corrected chi connectivity index (χ3v) is 2.88. The minimum absolute atomic E-state index is 1.21. The fourth-order valence-corrected chi connectivity index (χ4v) is 2.05. The van der Waals surface area contributed by atoms with Gasteiger partial charge in [-0.25, -0.2) is 0 Å². The van der Waals surface area contributed by atoms with E-state index in [0.717, 1.165) is 0 Å². The maximum atomic E-state index is 2.22. The summed E-state index contributed by atoms with van der Waals surface area (Å²) in [6, 6.07) is 19.1. The van der Waals surface area contributed by atoms with Crippen molar-refractivity contribution in [1.82, 2.24) is 4.57 Å². The lowest BCUT2D eigenvalue weighted by atomic mass is 10.2. The van der Waals surface area contributed by atoms with Gasteiger partial charge in [0.15, 0.2) is 0 Å². The molecule has 0 aliphatic carbocycles. The Morgan fingerprint density at radius 1 is 0.875 bits per heavy atom. The number of benzene rings is 2. The summed E-state index contributed by atoms with van der Waals surface area (Å²) in [5.74, 6) is 0. The minimum atomic E-state index is 1.21. The molecule has 0 amide bonds. The quantitative estimate of drug-likeness (QED) is 0.569. The lowest BCUT2D eigenvalue weighted by Crippen LogP contribution is -1.90. The van der Waals surface area contributed by atoms with Crippen LogP contribution in [0.2, 0.25) is 0 Å². The topological polar surface area (TPSA) is 4.93 Å². The number of aryl methyl sites for hydroxylation is 1. The SMILES string of the molecule is Cc1ccc2ccn(-c3ccccc3)c2c1. The second-order valence-corrected chi connectivity index (χ2v) is 4.08. The Hall–Kier alpha value is -2.02. The second kappa shape index (κ2) is 3.53. The zero-order valence-electron chi connectivity index (χ0n) is 9.22. The number of para-hydroxylation sites is 1. The Morgan fingerprint density at radius 2 is 1.69 bits per heavy atom. The van der Waals surface area contributed by atoms with Crippen LogP contribution in [0, 0.1) is 6.92 Å². The first-order chi connectivity index (χ1) is 7.84. The van der Waals surface area contributed by atoms with Gasteiger partial charge in [-0.05, 0) is 42.1 Å². The van der Waals surface area contributed by atoms with Crippen molar-refractivity contribution < 1.29 is 0 Å². The zero-order chi connectivity index (χ0) is 11.0. The van der Waals surface area contributed by atoms with Crippen molar-refractivity contribution in [3.05, 3.63) is 66.4 Å². The Morgan fingerprint density at radius 3 is 2.50 bits per heavy atom. The van der Waals surface area contributed by atoms with E-state index in [0.29, 0.717) is 0 Å². The van der Waals surface area contributed by atoms with Crippen LogP contribution in [0.3, 0.4) is 0 Å². The lowest BCUT2D eigenvalue weighted by molar-refractivity contribution is 1.13. The molecule has 0 bridgehead atoms. The van der Waals surface area contributed by atoms with Crippen LogP contribution >= 0.6 is 0 Å². The summed E-state index contributed by atoms with van der Waals surface area (Å²) in [5, 5.41) is 1.29. The van der Waals surface area contributed by atoms with Crippen molar-refractivity contribution in [3.63, 3.8) is 0 Å². The first-order valence-corrected chi connectivity index (χ1v) is 5.48. The van der Waals surface area contributed by atoms with Crippen LogP contribution in [0.5, 0.6) is 0 Å². The van der Waals surface area contributed by atoms with Crippen LogP contribution in [0.25, 0.3) is 16.6 Å². The van der Waals surface area contributed by atoms with Gasteiger partial charge >= 0.3 is 0 Å². The van der Waals surface area contributed by atoms with Gasteiger partial charge in [0.2, 0.25) is 0 Å². The average Bonchev–Trinajstić information content (AvgIpc) is 2.73. The fourth-order valence-electron chi connectivity index (χ4n) is 2.05. The molecule has 3 aromatic rings.